The van der Waals surface area contributed by atoms with E-state index in [1.54, 1.807) is 31.4 Å². The Balaban J connectivity index is 1.53. The molecule has 1 aromatic heterocycles. The lowest BCUT2D eigenvalue weighted by Crippen LogP contribution is -2.13. The molecule has 1 N–H and O–H groups in total. The highest BCUT2D eigenvalue weighted by molar-refractivity contribution is 6.37. The van der Waals surface area contributed by atoms with Gasteiger partial charge in [-0.2, -0.15) is 0 Å². The number of methoxy groups -OCH3 is 2. The van der Waals surface area contributed by atoms with Crippen LogP contribution >= 0.6 is 23.2 Å². The van der Waals surface area contributed by atoms with Gasteiger partial charge in [-0.05, 0) is 24.0 Å². The molecular weight excluding hydrogens is 581 g/mol. The van der Waals surface area contributed by atoms with Crippen LogP contribution in [0.25, 0.3) is 15.7 Å². The molecule has 3 aromatic rings. The third kappa shape index (κ3) is 10.1. The van der Waals surface area contributed by atoms with Gasteiger partial charge < -0.3 is 33.7 Å². The molecule has 0 aliphatic heterocycles. The molecule has 0 aliphatic carbocycles. The molecule has 0 radical (unpaired) electrons. The van der Waals surface area contributed by atoms with E-state index in [0.717, 1.165) is 13.0 Å². The van der Waals surface area contributed by atoms with Crippen LogP contribution in [0.15, 0.2) is 30.5 Å². The number of anilines is 2. The summed E-state index contributed by atoms with van der Waals surface area (Å²) in [5, 5.41) is 4.68. The Labute approximate surface area is 258 Å². The van der Waals surface area contributed by atoms with Gasteiger partial charge in [-0.25, -0.2) is 4.85 Å². The fraction of sp³-hybridized carbons (Fsp3) is 0.484. The van der Waals surface area contributed by atoms with E-state index < -0.39 is 0 Å². The maximum atomic E-state index is 7.65. The summed E-state index contributed by atoms with van der Waals surface area (Å²) in [6.45, 7) is 18.1. The van der Waals surface area contributed by atoms with Crippen molar-refractivity contribution in [2.75, 3.05) is 65.8 Å². The van der Waals surface area contributed by atoms with Crippen LogP contribution < -0.4 is 19.5 Å². The van der Waals surface area contributed by atoms with Gasteiger partial charge in [-0.15, -0.1) is 0 Å². The summed E-state index contributed by atoms with van der Waals surface area (Å²) in [5.41, 5.74) is 2.27. The first kappa shape index (κ1) is 33.5. The molecule has 0 amide bonds. The van der Waals surface area contributed by atoms with E-state index in [-0.39, 0.29) is 5.41 Å². The zero-order chi connectivity index (χ0) is 30.5. The highest BCUT2D eigenvalue weighted by atomic mass is 35.5. The molecule has 0 saturated carbocycles. The van der Waals surface area contributed by atoms with E-state index in [1.807, 2.05) is 0 Å². The van der Waals surface area contributed by atoms with E-state index in [0.29, 0.717) is 101 Å². The van der Waals surface area contributed by atoms with Gasteiger partial charge >= 0.3 is 0 Å². The summed E-state index contributed by atoms with van der Waals surface area (Å²) in [6, 6.07) is 6.84. The van der Waals surface area contributed by atoms with Crippen LogP contribution in [0.5, 0.6) is 17.2 Å². The van der Waals surface area contributed by atoms with Crippen molar-refractivity contribution in [1.29, 1.82) is 0 Å². The summed E-state index contributed by atoms with van der Waals surface area (Å²) in [5.74, 6) is 1.50. The van der Waals surface area contributed by atoms with Gasteiger partial charge in [0.2, 0.25) is 5.69 Å². The van der Waals surface area contributed by atoms with Crippen LogP contribution in [-0.4, -0.2) is 65.5 Å². The Hall–Kier alpha value is -3.00. The number of halogens is 2. The topological polar surface area (TPSA) is 84.7 Å². The number of nitrogens with zero attached hydrogens (tertiary/aromatic N) is 2. The van der Waals surface area contributed by atoms with Crippen molar-refractivity contribution in [2.45, 2.75) is 33.6 Å². The monoisotopic (exact) mass is 619 g/mol. The van der Waals surface area contributed by atoms with Gasteiger partial charge in [0.15, 0.2) is 11.5 Å². The van der Waals surface area contributed by atoms with Gasteiger partial charge in [0, 0.05) is 43.4 Å². The van der Waals surface area contributed by atoms with Crippen LogP contribution in [0.2, 0.25) is 10.0 Å². The van der Waals surface area contributed by atoms with E-state index in [2.05, 4.69) is 35.9 Å². The minimum absolute atomic E-state index is 0.280. The first-order valence-electron chi connectivity index (χ1n) is 13.7. The van der Waals surface area contributed by atoms with Crippen LogP contribution in [0.1, 0.15) is 33.6 Å². The highest BCUT2D eigenvalue weighted by Crippen LogP contribution is 2.42. The molecule has 228 valence electrons. The van der Waals surface area contributed by atoms with Crippen LogP contribution in [-0.2, 0) is 14.2 Å². The summed E-state index contributed by atoms with van der Waals surface area (Å²) in [4.78, 5) is 8.09. The number of nitrogens with one attached hydrogen (secondary N) is 1. The second-order valence-corrected chi connectivity index (χ2v) is 11.4. The van der Waals surface area contributed by atoms with Crippen LogP contribution in [0.4, 0.5) is 17.1 Å². The number of aromatic nitrogens is 1. The predicted octanol–water partition coefficient (Wildman–Crippen LogP) is 8.11. The largest absolute Gasteiger partial charge is 0.495 e. The maximum absolute atomic E-state index is 7.65. The zero-order valence-corrected chi connectivity index (χ0v) is 26.4. The molecule has 0 spiro atoms. The van der Waals surface area contributed by atoms with Crippen LogP contribution in [0.3, 0.4) is 0 Å². The number of ether oxygens (including phenoxy) is 6. The minimum Gasteiger partial charge on any atom is -0.495 e. The lowest BCUT2D eigenvalue weighted by Gasteiger charge is -2.17. The molecule has 11 heteroatoms. The SMILES string of the molecule is [C-]#[N+]c1cnc2cc(OCCCOCCOCCOCCC(C)(C)C)c(OC)cc2c1Nc1cc(OC)c(Cl)cc1Cl. The molecule has 42 heavy (non-hydrogen) atoms. The Morgan fingerprint density at radius 3 is 2.12 bits per heavy atom. The summed E-state index contributed by atoms with van der Waals surface area (Å²) >= 11 is 12.6. The van der Waals surface area contributed by atoms with Crippen molar-refractivity contribution in [3.63, 3.8) is 0 Å². The Kier molecular flexibility index (Phi) is 13.2. The molecule has 0 bridgehead atoms. The summed E-state index contributed by atoms with van der Waals surface area (Å²) < 4.78 is 33.7. The molecular formula is C31H39Cl2N3O6. The van der Waals surface area contributed by atoms with Gasteiger partial charge in [0.05, 0.1) is 80.8 Å². The quantitative estimate of drug-likeness (QED) is 0.120. The number of hydrogen-bond acceptors (Lipinski definition) is 8. The molecule has 9 nitrogen and oxygen atoms in total. The molecule has 1 heterocycles. The normalized spacial score (nSPS) is 11.4. The fourth-order valence-electron chi connectivity index (χ4n) is 3.86. The fourth-order valence-corrected chi connectivity index (χ4v) is 4.36. The van der Waals surface area contributed by atoms with Crippen molar-refractivity contribution in [1.82, 2.24) is 4.98 Å². The lowest BCUT2D eigenvalue weighted by molar-refractivity contribution is 0.00883. The average Bonchev–Trinajstić information content (AvgIpc) is 2.95. The maximum Gasteiger partial charge on any atom is 0.228 e. The molecule has 3 rings (SSSR count). The molecule has 0 saturated heterocycles. The molecule has 0 fully saturated rings. The summed E-state index contributed by atoms with van der Waals surface area (Å²) in [6.07, 6.45) is 3.21. The van der Waals surface area contributed by atoms with Gasteiger partial charge in [-0.3, -0.25) is 4.98 Å². The average molecular weight is 621 g/mol. The Morgan fingerprint density at radius 2 is 1.48 bits per heavy atom. The first-order valence-corrected chi connectivity index (χ1v) is 14.5. The second kappa shape index (κ2) is 16.6. The van der Waals surface area contributed by atoms with Crippen molar-refractivity contribution in [3.8, 4) is 17.2 Å². The van der Waals surface area contributed by atoms with Crippen molar-refractivity contribution in [3.05, 3.63) is 51.9 Å². The van der Waals surface area contributed by atoms with Crippen molar-refractivity contribution in [2.24, 2.45) is 5.41 Å². The number of rotatable bonds is 17. The predicted molar refractivity (Wildman–Crippen MR) is 167 cm³/mol. The third-order valence-electron chi connectivity index (χ3n) is 6.19. The number of hydrogen-bond donors (Lipinski definition) is 1. The van der Waals surface area contributed by atoms with Gasteiger partial charge in [0.25, 0.3) is 0 Å². The van der Waals surface area contributed by atoms with E-state index in [1.165, 1.54) is 13.3 Å². The standard InChI is InChI=1S/C31H39Cl2N3O6/c1-31(2,3)8-11-40-13-15-41-14-12-39-9-7-10-42-29-18-24-21(16-28(29)38-6)30(26(34-4)20-35-24)36-25-19-27(37-5)23(33)17-22(25)32/h16-20H,7-15H2,1-3,5-6H3,(H,35,36). The van der Waals surface area contributed by atoms with Gasteiger partial charge in [0.1, 0.15) is 5.75 Å². The molecule has 0 aliphatic rings. The molecule has 0 unspecified atom stereocenters. The zero-order valence-electron chi connectivity index (χ0n) is 24.9. The second-order valence-electron chi connectivity index (χ2n) is 10.6. The third-order valence-corrected chi connectivity index (χ3v) is 6.79. The molecule has 2 aromatic carbocycles. The van der Waals surface area contributed by atoms with Gasteiger partial charge in [-0.1, -0.05) is 44.0 Å². The highest BCUT2D eigenvalue weighted by Gasteiger charge is 2.17. The van der Waals surface area contributed by atoms with Crippen LogP contribution in [0, 0.1) is 12.0 Å². The van der Waals surface area contributed by atoms with Crippen molar-refractivity contribution < 1.29 is 28.4 Å². The van der Waals surface area contributed by atoms with E-state index >= 15 is 0 Å². The lowest BCUT2D eigenvalue weighted by atomic mass is 9.93. The molecule has 0 atom stereocenters. The number of fused-ring (bicyclic) bond motifs is 1. The minimum atomic E-state index is 0.280. The Bertz CT molecular complexity index is 1360. The number of pyridine rings is 1. The first-order chi connectivity index (χ1) is 20.2. The van der Waals surface area contributed by atoms with Crippen molar-refractivity contribution >= 4 is 51.2 Å². The van der Waals surface area contributed by atoms with E-state index in [9.17, 15) is 0 Å². The number of benzene rings is 2. The smallest absolute Gasteiger partial charge is 0.228 e. The Morgan fingerprint density at radius 1 is 0.810 bits per heavy atom. The summed E-state index contributed by atoms with van der Waals surface area (Å²) in [7, 11) is 3.08. The van der Waals surface area contributed by atoms with E-state index in [4.69, 9.17) is 58.2 Å².